The van der Waals surface area contributed by atoms with Crippen LogP contribution in [0, 0.1) is 11.3 Å². The van der Waals surface area contributed by atoms with Crippen LogP contribution in [0.15, 0.2) is 0 Å². The first-order chi connectivity index (χ1) is 7.35. The normalized spacial score (nSPS) is 14.4. The van der Waals surface area contributed by atoms with Gasteiger partial charge >= 0.3 is 0 Å². The molecule has 0 spiro atoms. The average molecular weight is 229 g/mol. The Kier molecular flexibility index (Phi) is 8.04. The molecule has 0 saturated heterocycles. The van der Waals surface area contributed by atoms with E-state index in [2.05, 4.69) is 46.9 Å². The summed E-state index contributed by atoms with van der Waals surface area (Å²) in [7, 11) is 0. The van der Waals surface area contributed by atoms with E-state index in [1.807, 2.05) is 0 Å². The van der Waals surface area contributed by atoms with Gasteiger partial charge in [0.1, 0.15) is 0 Å². The minimum absolute atomic E-state index is 0.376. The minimum atomic E-state index is 0.376. The maximum Gasteiger partial charge on any atom is 0.0696 e. The molecule has 0 radical (unpaired) electrons. The van der Waals surface area contributed by atoms with Gasteiger partial charge in [0, 0.05) is 13.2 Å². The fraction of sp³-hybridized carbons (Fsp3) is 1.00. The van der Waals surface area contributed by atoms with E-state index in [9.17, 15) is 0 Å². The van der Waals surface area contributed by atoms with Crippen LogP contribution in [0.1, 0.15) is 54.4 Å². The van der Waals surface area contributed by atoms with E-state index in [4.69, 9.17) is 4.74 Å². The Morgan fingerprint density at radius 2 is 1.75 bits per heavy atom. The van der Waals surface area contributed by atoms with Crippen LogP contribution in [0.2, 0.25) is 0 Å². The lowest BCUT2D eigenvalue weighted by molar-refractivity contribution is 0.0355. The van der Waals surface area contributed by atoms with E-state index in [0.29, 0.717) is 17.4 Å². The summed E-state index contributed by atoms with van der Waals surface area (Å²) in [5.41, 5.74) is 0.379. The van der Waals surface area contributed by atoms with E-state index >= 15 is 0 Å². The van der Waals surface area contributed by atoms with Crippen molar-refractivity contribution >= 4 is 0 Å². The molecule has 0 aliphatic rings. The molecule has 0 fully saturated rings. The maximum absolute atomic E-state index is 5.89. The quantitative estimate of drug-likeness (QED) is 0.688. The van der Waals surface area contributed by atoms with E-state index < -0.39 is 0 Å². The fourth-order valence-corrected chi connectivity index (χ4v) is 1.39. The number of nitrogens with one attached hydrogen (secondary N) is 1. The van der Waals surface area contributed by atoms with Crippen LogP contribution in [0.3, 0.4) is 0 Å². The van der Waals surface area contributed by atoms with Gasteiger partial charge < -0.3 is 10.1 Å². The number of hydrogen-bond acceptors (Lipinski definition) is 2. The van der Waals surface area contributed by atoms with Crippen LogP contribution in [-0.4, -0.2) is 25.8 Å². The van der Waals surface area contributed by atoms with Crippen molar-refractivity contribution in [1.82, 2.24) is 5.32 Å². The van der Waals surface area contributed by atoms with Gasteiger partial charge in [0.2, 0.25) is 0 Å². The molecule has 1 unspecified atom stereocenters. The van der Waals surface area contributed by atoms with Gasteiger partial charge in [-0.25, -0.2) is 0 Å². The fourth-order valence-electron chi connectivity index (χ4n) is 1.39. The van der Waals surface area contributed by atoms with Crippen LogP contribution in [0.25, 0.3) is 0 Å². The highest BCUT2D eigenvalue weighted by molar-refractivity contribution is 4.64. The van der Waals surface area contributed by atoms with E-state index in [0.717, 1.165) is 32.5 Å². The van der Waals surface area contributed by atoms with Gasteiger partial charge in [0.05, 0.1) is 6.10 Å². The molecule has 0 aliphatic heterocycles. The van der Waals surface area contributed by atoms with Crippen LogP contribution >= 0.6 is 0 Å². The second-order valence-corrected chi connectivity index (χ2v) is 6.26. The molecule has 1 N–H and O–H groups in total. The highest BCUT2D eigenvalue weighted by Crippen LogP contribution is 2.18. The lowest BCUT2D eigenvalue weighted by atomic mass is 9.93. The summed E-state index contributed by atoms with van der Waals surface area (Å²) in [6, 6.07) is 0. The van der Waals surface area contributed by atoms with Crippen molar-refractivity contribution in [3.8, 4) is 0 Å². The highest BCUT2D eigenvalue weighted by Gasteiger charge is 2.12. The van der Waals surface area contributed by atoms with Gasteiger partial charge in [-0.1, -0.05) is 41.5 Å². The molecule has 0 bridgehead atoms. The lowest BCUT2D eigenvalue weighted by Crippen LogP contribution is -2.31. The zero-order valence-corrected chi connectivity index (χ0v) is 12.1. The third-order valence-electron chi connectivity index (χ3n) is 2.59. The van der Waals surface area contributed by atoms with Crippen LogP contribution in [-0.2, 0) is 4.74 Å². The summed E-state index contributed by atoms with van der Waals surface area (Å²) in [6.45, 7) is 16.4. The minimum Gasteiger partial charge on any atom is -0.377 e. The molecule has 0 rings (SSSR count). The van der Waals surface area contributed by atoms with Gasteiger partial charge in [-0.3, -0.25) is 0 Å². The smallest absolute Gasteiger partial charge is 0.0696 e. The Morgan fingerprint density at radius 1 is 1.12 bits per heavy atom. The zero-order valence-electron chi connectivity index (χ0n) is 12.1. The van der Waals surface area contributed by atoms with Crippen molar-refractivity contribution in [3.05, 3.63) is 0 Å². The topological polar surface area (TPSA) is 21.3 Å². The summed E-state index contributed by atoms with van der Waals surface area (Å²) in [5.74, 6) is 0.715. The predicted molar refractivity (Wildman–Crippen MR) is 71.8 cm³/mol. The molecule has 1 atom stereocenters. The molecular formula is C14H31NO. The Labute approximate surface area is 102 Å². The first kappa shape index (κ1) is 15.9. The molecule has 0 aromatic heterocycles. The van der Waals surface area contributed by atoms with Gasteiger partial charge in [-0.15, -0.1) is 0 Å². The third-order valence-corrected chi connectivity index (χ3v) is 2.59. The summed E-state index contributed by atoms with van der Waals surface area (Å²) in [6.07, 6.45) is 2.60. The molecule has 0 saturated carbocycles. The zero-order chi connectivity index (χ0) is 12.6. The van der Waals surface area contributed by atoms with Crippen molar-refractivity contribution in [2.45, 2.75) is 60.5 Å². The molecular weight excluding hydrogens is 198 g/mol. The van der Waals surface area contributed by atoms with E-state index in [1.165, 1.54) is 0 Å². The second kappa shape index (κ2) is 8.08. The molecule has 0 amide bonds. The van der Waals surface area contributed by atoms with Gasteiger partial charge in [0.15, 0.2) is 0 Å². The largest absolute Gasteiger partial charge is 0.377 e. The van der Waals surface area contributed by atoms with E-state index in [1.54, 1.807) is 0 Å². The van der Waals surface area contributed by atoms with Crippen molar-refractivity contribution in [1.29, 1.82) is 0 Å². The third kappa shape index (κ3) is 10.4. The van der Waals surface area contributed by atoms with Gasteiger partial charge in [-0.05, 0) is 30.7 Å². The molecule has 16 heavy (non-hydrogen) atoms. The maximum atomic E-state index is 5.89. The summed E-state index contributed by atoms with van der Waals surface area (Å²) in [5, 5.41) is 3.46. The first-order valence-electron chi connectivity index (χ1n) is 6.67. The van der Waals surface area contributed by atoms with Crippen LogP contribution in [0.4, 0.5) is 0 Å². The second-order valence-electron chi connectivity index (χ2n) is 6.26. The molecule has 0 aromatic carbocycles. The molecule has 0 aromatic rings. The lowest BCUT2D eigenvalue weighted by Gasteiger charge is -2.22. The standard InChI is InChI=1S/C14H31NO/c1-7-13(11-15-10-12(2)3)16-9-8-14(4,5)6/h12-13,15H,7-11H2,1-6H3. The number of rotatable bonds is 8. The Bertz CT molecular complexity index is 161. The SMILES string of the molecule is CCC(CNCC(C)C)OCCC(C)(C)C. The van der Waals surface area contributed by atoms with Crippen LogP contribution in [0.5, 0.6) is 0 Å². The monoisotopic (exact) mass is 229 g/mol. The Morgan fingerprint density at radius 3 is 2.19 bits per heavy atom. The number of hydrogen-bond donors (Lipinski definition) is 1. The molecule has 2 nitrogen and oxygen atoms in total. The van der Waals surface area contributed by atoms with Gasteiger partial charge in [0.25, 0.3) is 0 Å². The Balaban J connectivity index is 3.59. The molecule has 98 valence electrons. The molecule has 2 heteroatoms. The van der Waals surface area contributed by atoms with Crippen molar-refractivity contribution < 1.29 is 4.74 Å². The first-order valence-corrected chi connectivity index (χ1v) is 6.67. The number of ether oxygens (including phenoxy) is 1. The van der Waals surface area contributed by atoms with E-state index in [-0.39, 0.29) is 0 Å². The van der Waals surface area contributed by atoms with Crippen LogP contribution < -0.4 is 5.32 Å². The van der Waals surface area contributed by atoms with Crippen molar-refractivity contribution in [2.24, 2.45) is 11.3 Å². The average Bonchev–Trinajstić information content (AvgIpc) is 2.13. The van der Waals surface area contributed by atoms with Crippen molar-refractivity contribution in [3.63, 3.8) is 0 Å². The molecule has 0 heterocycles. The summed E-state index contributed by atoms with van der Waals surface area (Å²) >= 11 is 0. The predicted octanol–water partition coefficient (Wildman–Crippen LogP) is 3.46. The highest BCUT2D eigenvalue weighted by atomic mass is 16.5. The van der Waals surface area contributed by atoms with Crippen molar-refractivity contribution in [2.75, 3.05) is 19.7 Å². The Hall–Kier alpha value is -0.0800. The summed E-state index contributed by atoms with van der Waals surface area (Å²) in [4.78, 5) is 0. The van der Waals surface area contributed by atoms with Gasteiger partial charge in [-0.2, -0.15) is 0 Å². The molecule has 0 aliphatic carbocycles. The summed E-state index contributed by atoms with van der Waals surface area (Å²) < 4.78 is 5.89.